The fourth-order valence-corrected chi connectivity index (χ4v) is 2.05. The minimum absolute atomic E-state index is 0.00223. The maximum Gasteiger partial charge on any atom is 0.363 e. The second-order valence-electron chi connectivity index (χ2n) is 4.15. The van der Waals surface area contributed by atoms with E-state index in [4.69, 9.17) is 10.1 Å². The van der Waals surface area contributed by atoms with E-state index in [0.29, 0.717) is 0 Å². The summed E-state index contributed by atoms with van der Waals surface area (Å²) in [5, 5.41) is 3.49. The standard InChI is InChI=1S/C11H8N4O7S/c12-14-13-7-3-1-6(2-4-7)11(18)21-15-9(16)5-8(10(15)17)22-23(19)20/h1-4,8H,5H2,(H,19,20). The molecule has 0 aliphatic carbocycles. The number of carbonyl (C=O) groups is 3. The average Bonchev–Trinajstić information content (AvgIpc) is 2.75. The van der Waals surface area contributed by atoms with Crippen molar-refractivity contribution in [2.45, 2.75) is 12.5 Å². The van der Waals surface area contributed by atoms with Gasteiger partial charge in [0.2, 0.25) is 0 Å². The van der Waals surface area contributed by atoms with Crippen molar-refractivity contribution in [3.8, 4) is 0 Å². The van der Waals surface area contributed by atoms with Crippen molar-refractivity contribution < 1.29 is 32.2 Å². The van der Waals surface area contributed by atoms with Gasteiger partial charge in [-0.2, -0.15) is 4.21 Å². The van der Waals surface area contributed by atoms with Crippen molar-refractivity contribution in [2.75, 3.05) is 0 Å². The predicted molar refractivity (Wildman–Crippen MR) is 72.8 cm³/mol. The van der Waals surface area contributed by atoms with E-state index < -0.39 is 41.7 Å². The van der Waals surface area contributed by atoms with Crippen LogP contribution in [0, 0.1) is 0 Å². The highest BCUT2D eigenvalue weighted by atomic mass is 32.2. The number of hydrogen-bond acceptors (Lipinski definition) is 7. The first-order chi connectivity index (χ1) is 10.9. The maximum absolute atomic E-state index is 11.9. The average molecular weight is 340 g/mol. The highest BCUT2D eigenvalue weighted by Gasteiger charge is 2.43. The lowest BCUT2D eigenvalue weighted by molar-refractivity contribution is -0.174. The van der Waals surface area contributed by atoms with Crippen molar-refractivity contribution in [3.05, 3.63) is 40.3 Å². The molecule has 11 nitrogen and oxygen atoms in total. The summed E-state index contributed by atoms with van der Waals surface area (Å²) in [5.74, 6) is -2.95. The first-order valence-electron chi connectivity index (χ1n) is 5.94. The Morgan fingerprint density at radius 1 is 1.39 bits per heavy atom. The van der Waals surface area contributed by atoms with Crippen molar-refractivity contribution >= 4 is 34.8 Å². The van der Waals surface area contributed by atoms with Crippen LogP contribution in [0.1, 0.15) is 16.8 Å². The molecule has 2 rings (SSSR count). The van der Waals surface area contributed by atoms with Gasteiger partial charge in [0, 0.05) is 10.6 Å². The molecular formula is C11H8N4O7S. The Hall–Kier alpha value is -2.79. The van der Waals surface area contributed by atoms with Gasteiger partial charge in [-0.05, 0) is 17.7 Å². The molecule has 1 N–H and O–H groups in total. The van der Waals surface area contributed by atoms with Crippen LogP contribution in [0.3, 0.4) is 0 Å². The Morgan fingerprint density at radius 2 is 2.04 bits per heavy atom. The van der Waals surface area contributed by atoms with Crippen molar-refractivity contribution in [3.63, 3.8) is 0 Å². The van der Waals surface area contributed by atoms with Gasteiger partial charge in [-0.15, -0.1) is 0 Å². The van der Waals surface area contributed by atoms with Gasteiger partial charge in [-0.25, -0.2) is 4.79 Å². The Kier molecular flexibility index (Phi) is 5.03. The molecule has 0 radical (unpaired) electrons. The van der Waals surface area contributed by atoms with Crippen LogP contribution in [0.25, 0.3) is 10.4 Å². The highest BCUT2D eigenvalue weighted by molar-refractivity contribution is 7.74. The maximum atomic E-state index is 11.9. The summed E-state index contributed by atoms with van der Waals surface area (Å²) in [7, 11) is 0. The monoisotopic (exact) mass is 340 g/mol. The van der Waals surface area contributed by atoms with E-state index in [0.717, 1.165) is 0 Å². The summed E-state index contributed by atoms with van der Waals surface area (Å²) in [6.07, 6.45) is -2.01. The quantitative estimate of drug-likeness (QED) is 0.275. The molecule has 1 aliphatic heterocycles. The zero-order chi connectivity index (χ0) is 17.0. The molecule has 0 spiro atoms. The SMILES string of the molecule is [N-]=[N+]=Nc1ccc(C(=O)ON2C(=O)CC(OS(=O)O)C2=O)cc1. The Balaban J connectivity index is 2.07. The normalized spacial score (nSPS) is 18.5. The number of azide groups is 1. The van der Waals surface area contributed by atoms with Crippen molar-refractivity contribution in [1.82, 2.24) is 5.06 Å². The molecule has 1 heterocycles. The van der Waals surface area contributed by atoms with E-state index in [1.807, 2.05) is 0 Å². The predicted octanol–water partition coefficient (Wildman–Crippen LogP) is 0.981. The molecule has 2 atom stereocenters. The Bertz CT molecular complexity index is 728. The van der Waals surface area contributed by atoms with Crippen LogP contribution < -0.4 is 0 Å². The van der Waals surface area contributed by atoms with Gasteiger partial charge in [-0.1, -0.05) is 22.3 Å². The zero-order valence-corrected chi connectivity index (χ0v) is 12.0. The third-order valence-corrected chi connectivity index (χ3v) is 3.09. The van der Waals surface area contributed by atoms with Gasteiger partial charge >= 0.3 is 17.3 Å². The van der Waals surface area contributed by atoms with Crippen LogP contribution >= 0.6 is 0 Å². The summed E-state index contributed by atoms with van der Waals surface area (Å²) in [5.41, 5.74) is 8.53. The van der Waals surface area contributed by atoms with E-state index in [1.54, 1.807) is 0 Å². The number of benzene rings is 1. The molecule has 1 aliphatic rings. The number of hydrogen-bond donors (Lipinski definition) is 1. The summed E-state index contributed by atoms with van der Waals surface area (Å²) in [6, 6.07) is 5.22. The minimum Gasteiger partial charge on any atom is -0.325 e. The van der Waals surface area contributed by atoms with Crippen LogP contribution in [0.15, 0.2) is 29.4 Å². The second kappa shape index (κ2) is 6.98. The van der Waals surface area contributed by atoms with Crippen LogP contribution in [0.4, 0.5) is 5.69 Å². The lowest BCUT2D eigenvalue weighted by Crippen LogP contribution is -2.35. The zero-order valence-electron chi connectivity index (χ0n) is 11.2. The first kappa shape index (κ1) is 16.6. The van der Waals surface area contributed by atoms with E-state index in [1.165, 1.54) is 24.3 Å². The van der Waals surface area contributed by atoms with Crippen molar-refractivity contribution in [1.29, 1.82) is 0 Å². The van der Waals surface area contributed by atoms with Gasteiger partial charge in [0.15, 0.2) is 6.10 Å². The molecule has 0 bridgehead atoms. The largest absolute Gasteiger partial charge is 0.363 e. The lowest BCUT2D eigenvalue weighted by atomic mass is 10.2. The van der Waals surface area contributed by atoms with E-state index >= 15 is 0 Å². The number of imide groups is 1. The fraction of sp³-hybridized carbons (Fsp3) is 0.182. The third kappa shape index (κ3) is 3.90. The van der Waals surface area contributed by atoms with Crippen LogP contribution in [-0.4, -0.2) is 37.7 Å². The number of nitrogens with zero attached hydrogens (tertiary/aromatic N) is 4. The van der Waals surface area contributed by atoms with Crippen LogP contribution in [-0.2, 0) is 30.0 Å². The van der Waals surface area contributed by atoms with Gasteiger partial charge < -0.3 is 4.84 Å². The van der Waals surface area contributed by atoms with Gasteiger partial charge in [-0.3, -0.25) is 18.3 Å². The number of hydroxylamine groups is 2. The summed E-state index contributed by atoms with van der Waals surface area (Å²) in [6.45, 7) is 0. The van der Waals surface area contributed by atoms with Crippen LogP contribution in [0.2, 0.25) is 0 Å². The topological polar surface area (TPSA) is 159 Å². The fourth-order valence-electron chi connectivity index (χ4n) is 1.70. The third-order valence-electron chi connectivity index (χ3n) is 2.70. The number of amides is 2. The molecule has 0 saturated carbocycles. The van der Waals surface area contributed by atoms with Crippen molar-refractivity contribution in [2.24, 2.45) is 5.11 Å². The Morgan fingerprint density at radius 3 is 2.61 bits per heavy atom. The minimum atomic E-state index is -2.74. The lowest BCUT2D eigenvalue weighted by Gasteiger charge is -2.13. The molecule has 1 aromatic carbocycles. The molecule has 1 aromatic rings. The van der Waals surface area contributed by atoms with E-state index in [9.17, 15) is 18.6 Å². The Labute approximate surface area is 130 Å². The van der Waals surface area contributed by atoms with Gasteiger partial charge in [0.1, 0.15) is 0 Å². The first-order valence-corrected chi connectivity index (χ1v) is 6.98. The summed E-state index contributed by atoms with van der Waals surface area (Å²) >= 11 is -2.74. The van der Waals surface area contributed by atoms with Gasteiger partial charge in [0.05, 0.1) is 12.0 Å². The molecular weight excluding hydrogens is 332 g/mol. The molecule has 1 saturated heterocycles. The molecule has 120 valence electrons. The molecule has 1 fully saturated rings. The smallest absolute Gasteiger partial charge is 0.325 e. The molecule has 2 unspecified atom stereocenters. The summed E-state index contributed by atoms with van der Waals surface area (Å²) < 4.78 is 23.4. The van der Waals surface area contributed by atoms with E-state index in [2.05, 4.69) is 19.0 Å². The highest BCUT2D eigenvalue weighted by Crippen LogP contribution is 2.19. The molecule has 23 heavy (non-hydrogen) atoms. The number of rotatable bonds is 5. The second-order valence-corrected chi connectivity index (χ2v) is 4.77. The van der Waals surface area contributed by atoms with Crippen LogP contribution in [0.5, 0.6) is 0 Å². The molecule has 12 heteroatoms. The summed E-state index contributed by atoms with van der Waals surface area (Å²) in [4.78, 5) is 42.5. The molecule has 0 aromatic heterocycles. The van der Waals surface area contributed by atoms with Gasteiger partial charge in [0.25, 0.3) is 11.8 Å². The molecule has 2 amide bonds. The van der Waals surface area contributed by atoms with E-state index in [-0.39, 0.29) is 16.3 Å². The number of carbonyl (C=O) groups excluding carboxylic acids is 3.